The Kier molecular flexibility index (Phi) is 4.79. The smallest absolute Gasteiger partial charge is 0.315 e. The van der Waals surface area contributed by atoms with Crippen molar-refractivity contribution in [2.45, 2.75) is 39.3 Å². The molecule has 2 heterocycles. The third kappa shape index (κ3) is 4.24. The molecule has 1 saturated heterocycles. The number of aromatic nitrogens is 2. The summed E-state index contributed by atoms with van der Waals surface area (Å²) in [6, 6.07) is 2.11. The van der Waals surface area contributed by atoms with Gasteiger partial charge in [-0.15, -0.1) is 0 Å². The van der Waals surface area contributed by atoms with E-state index in [9.17, 15) is 4.79 Å². The van der Waals surface area contributed by atoms with Crippen LogP contribution in [0.3, 0.4) is 0 Å². The van der Waals surface area contributed by atoms with Crippen molar-refractivity contribution in [2.75, 3.05) is 19.8 Å². The molecule has 1 atom stereocenters. The number of aryl methyl sites for hydroxylation is 3. The minimum atomic E-state index is -0.108. The van der Waals surface area contributed by atoms with Crippen molar-refractivity contribution in [3.05, 3.63) is 17.5 Å². The summed E-state index contributed by atoms with van der Waals surface area (Å²) in [5, 5.41) is 10.1. The van der Waals surface area contributed by atoms with Crippen LogP contribution in [0.4, 0.5) is 4.79 Å². The van der Waals surface area contributed by atoms with E-state index in [1.54, 1.807) is 0 Å². The number of nitrogens with zero attached hydrogens (tertiary/aromatic N) is 2. The highest BCUT2D eigenvalue weighted by atomic mass is 16.5. The minimum absolute atomic E-state index is 0.108. The molecule has 106 valence electrons. The molecule has 1 aliphatic rings. The number of hydrogen-bond acceptors (Lipinski definition) is 3. The molecule has 2 N–H and O–H groups in total. The molecule has 6 heteroatoms. The zero-order valence-electron chi connectivity index (χ0n) is 11.6. The summed E-state index contributed by atoms with van der Waals surface area (Å²) in [5.41, 5.74) is 2.19. The Labute approximate surface area is 113 Å². The lowest BCUT2D eigenvalue weighted by molar-refractivity contribution is 0.188. The molecular weight excluding hydrogens is 244 g/mol. The fourth-order valence-corrected chi connectivity index (χ4v) is 2.22. The van der Waals surface area contributed by atoms with Crippen molar-refractivity contribution in [1.29, 1.82) is 0 Å². The number of carbonyl (C=O) groups excluding carboxylic acids is 1. The summed E-state index contributed by atoms with van der Waals surface area (Å²) in [5.74, 6) is 0. The Morgan fingerprint density at radius 2 is 2.42 bits per heavy atom. The summed E-state index contributed by atoms with van der Waals surface area (Å²) in [6.45, 7) is 6.87. The third-order valence-corrected chi connectivity index (χ3v) is 3.20. The molecule has 1 aromatic heterocycles. The zero-order chi connectivity index (χ0) is 13.7. The van der Waals surface area contributed by atoms with Crippen molar-refractivity contribution in [2.24, 2.45) is 0 Å². The first-order valence-corrected chi connectivity index (χ1v) is 6.78. The zero-order valence-corrected chi connectivity index (χ0v) is 11.6. The van der Waals surface area contributed by atoms with Crippen LogP contribution >= 0.6 is 0 Å². The first-order valence-electron chi connectivity index (χ1n) is 6.78. The number of urea groups is 1. The van der Waals surface area contributed by atoms with Crippen LogP contribution in [0.25, 0.3) is 0 Å². The maximum absolute atomic E-state index is 11.6. The van der Waals surface area contributed by atoms with E-state index in [1.165, 1.54) is 0 Å². The van der Waals surface area contributed by atoms with Gasteiger partial charge < -0.3 is 15.4 Å². The average Bonchev–Trinajstić information content (AvgIpc) is 2.95. The predicted octanol–water partition coefficient (Wildman–Crippen LogP) is 0.978. The fraction of sp³-hybridized carbons (Fsp3) is 0.692. The monoisotopic (exact) mass is 266 g/mol. The molecule has 1 aliphatic heterocycles. The van der Waals surface area contributed by atoms with E-state index in [0.29, 0.717) is 13.2 Å². The molecule has 0 aliphatic carbocycles. The molecule has 2 amide bonds. The summed E-state index contributed by atoms with van der Waals surface area (Å²) in [6.07, 6.45) is 1.77. The van der Waals surface area contributed by atoms with E-state index >= 15 is 0 Å². The van der Waals surface area contributed by atoms with Gasteiger partial charge in [0.25, 0.3) is 0 Å². The number of nitrogens with one attached hydrogen (secondary N) is 2. The van der Waals surface area contributed by atoms with E-state index in [0.717, 1.165) is 37.4 Å². The van der Waals surface area contributed by atoms with Crippen LogP contribution in [0.1, 0.15) is 24.2 Å². The number of carbonyl (C=O) groups is 1. The van der Waals surface area contributed by atoms with Crippen molar-refractivity contribution < 1.29 is 9.53 Å². The Morgan fingerprint density at radius 3 is 3.05 bits per heavy atom. The largest absolute Gasteiger partial charge is 0.379 e. The Morgan fingerprint density at radius 1 is 1.58 bits per heavy atom. The number of hydrogen-bond donors (Lipinski definition) is 2. The second-order valence-corrected chi connectivity index (χ2v) is 4.96. The van der Waals surface area contributed by atoms with E-state index in [-0.39, 0.29) is 12.1 Å². The maximum Gasteiger partial charge on any atom is 0.315 e. The fourth-order valence-electron chi connectivity index (χ4n) is 2.22. The molecule has 0 saturated carbocycles. The van der Waals surface area contributed by atoms with E-state index in [4.69, 9.17) is 4.74 Å². The first kappa shape index (κ1) is 13.9. The van der Waals surface area contributed by atoms with Gasteiger partial charge in [0.1, 0.15) is 0 Å². The van der Waals surface area contributed by atoms with Crippen molar-refractivity contribution in [1.82, 2.24) is 20.4 Å². The number of ether oxygens (including phenoxy) is 1. The van der Waals surface area contributed by atoms with Gasteiger partial charge in [0, 0.05) is 25.4 Å². The first-order chi connectivity index (χ1) is 9.15. The SMILES string of the molecule is Cc1cc(C)n(CCCNC(=O)NC2CCOC2)n1. The lowest BCUT2D eigenvalue weighted by atomic mass is 10.3. The van der Waals surface area contributed by atoms with Gasteiger partial charge >= 0.3 is 6.03 Å². The van der Waals surface area contributed by atoms with Crippen LogP contribution in [0.15, 0.2) is 6.07 Å². The Bertz CT molecular complexity index is 424. The lowest BCUT2D eigenvalue weighted by Crippen LogP contribution is -2.42. The molecular formula is C13H22N4O2. The van der Waals surface area contributed by atoms with Crippen LogP contribution in [0.2, 0.25) is 0 Å². The van der Waals surface area contributed by atoms with Crippen LogP contribution in [-0.2, 0) is 11.3 Å². The molecule has 6 nitrogen and oxygen atoms in total. The average molecular weight is 266 g/mol. The predicted molar refractivity (Wildman–Crippen MR) is 72.1 cm³/mol. The number of amides is 2. The van der Waals surface area contributed by atoms with Crippen molar-refractivity contribution in [3.8, 4) is 0 Å². The van der Waals surface area contributed by atoms with Crippen LogP contribution in [-0.4, -0.2) is 41.6 Å². The highest BCUT2D eigenvalue weighted by Crippen LogP contribution is 2.03. The minimum Gasteiger partial charge on any atom is -0.379 e. The quantitative estimate of drug-likeness (QED) is 0.781. The molecule has 19 heavy (non-hydrogen) atoms. The van der Waals surface area contributed by atoms with E-state index < -0.39 is 0 Å². The molecule has 0 spiro atoms. The highest BCUT2D eigenvalue weighted by molar-refractivity contribution is 5.74. The second kappa shape index (κ2) is 6.56. The topological polar surface area (TPSA) is 68.2 Å². The standard InChI is InChI=1S/C13H22N4O2/c1-10-8-11(2)17(16-10)6-3-5-14-13(18)15-12-4-7-19-9-12/h8,12H,3-7,9H2,1-2H3,(H2,14,15,18). The molecule has 0 radical (unpaired) electrons. The number of rotatable bonds is 5. The molecule has 1 aromatic rings. The van der Waals surface area contributed by atoms with Gasteiger partial charge in [0.05, 0.1) is 18.3 Å². The molecule has 2 rings (SSSR count). The van der Waals surface area contributed by atoms with E-state index in [2.05, 4.69) is 21.8 Å². The molecule has 0 bridgehead atoms. The summed E-state index contributed by atoms with van der Waals surface area (Å²) >= 11 is 0. The molecule has 1 unspecified atom stereocenters. The van der Waals surface area contributed by atoms with Gasteiger partial charge in [-0.2, -0.15) is 5.10 Å². The van der Waals surface area contributed by atoms with Crippen LogP contribution in [0.5, 0.6) is 0 Å². The van der Waals surface area contributed by atoms with Crippen molar-refractivity contribution >= 4 is 6.03 Å². The normalized spacial score (nSPS) is 18.5. The molecule has 1 fully saturated rings. The van der Waals surface area contributed by atoms with Gasteiger partial charge in [-0.25, -0.2) is 4.79 Å². The van der Waals surface area contributed by atoms with Crippen LogP contribution in [0, 0.1) is 13.8 Å². The Balaban J connectivity index is 1.61. The summed E-state index contributed by atoms with van der Waals surface area (Å²) < 4.78 is 7.17. The van der Waals surface area contributed by atoms with Gasteiger partial charge in [0.2, 0.25) is 0 Å². The van der Waals surface area contributed by atoms with Gasteiger partial charge in [-0.05, 0) is 32.8 Å². The van der Waals surface area contributed by atoms with Gasteiger partial charge in [-0.3, -0.25) is 4.68 Å². The van der Waals surface area contributed by atoms with Gasteiger partial charge in [0.15, 0.2) is 0 Å². The van der Waals surface area contributed by atoms with Gasteiger partial charge in [-0.1, -0.05) is 0 Å². The Hall–Kier alpha value is -1.56. The third-order valence-electron chi connectivity index (χ3n) is 3.20. The lowest BCUT2D eigenvalue weighted by Gasteiger charge is -2.12. The summed E-state index contributed by atoms with van der Waals surface area (Å²) in [4.78, 5) is 11.6. The van der Waals surface area contributed by atoms with Crippen molar-refractivity contribution in [3.63, 3.8) is 0 Å². The maximum atomic E-state index is 11.6. The van der Waals surface area contributed by atoms with Crippen LogP contribution < -0.4 is 10.6 Å². The second-order valence-electron chi connectivity index (χ2n) is 4.96. The highest BCUT2D eigenvalue weighted by Gasteiger charge is 2.17. The molecule has 0 aromatic carbocycles. The van der Waals surface area contributed by atoms with E-state index in [1.807, 2.05) is 18.5 Å². The summed E-state index contributed by atoms with van der Waals surface area (Å²) in [7, 11) is 0.